The summed E-state index contributed by atoms with van der Waals surface area (Å²) < 4.78 is 8.80. The van der Waals surface area contributed by atoms with E-state index in [-0.39, 0.29) is 12.2 Å². The third kappa shape index (κ3) is 7.64. The van der Waals surface area contributed by atoms with Crippen LogP contribution in [0, 0.1) is 0 Å². The lowest BCUT2D eigenvalue weighted by atomic mass is 10.3. The molecule has 0 aliphatic heterocycles. The van der Waals surface area contributed by atoms with Gasteiger partial charge in [-0.05, 0) is 13.8 Å². The maximum Gasteiger partial charge on any atom is 0.382 e. The highest BCUT2D eigenvalue weighted by molar-refractivity contribution is 5.96. The predicted octanol–water partition coefficient (Wildman–Crippen LogP) is 0.226. The third-order valence-electron chi connectivity index (χ3n) is 1.70. The van der Waals surface area contributed by atoms with Crippen molar-refractivity contribution >= 4 is 23.9 Å². The average Bonchev–Trinajstić information content (AvgIpc) is 2.41. The van der Waals surface area contributed by atoms with E-state index in [1.54, 1.807) is 6.92 Å². The van der Waals surface area contributed by atoms with Crippen LogP contribution in [0.3, 0.4) is 0 Å². The number of carbonyl (C=O) groups excluding carboxylic acids is 4. The molecule has 0 aromatic heterocycles. The largest absolute Gasteiger partial charge is 0.466 e. The van der Waals surface area contributed by atoms with Crippen molar-refractivity contribution < 1.29 is 38.4 Å². The average molecular weight is 286 g/mol. The van der Waals surface area contributed by atoms with Gasteiger partial charge < -0.3 is 9.47 Å². The van der Waals surface area contributed by atoms with Gasteiger partial charge in [0.05, 0.1) is 13.7 Å². The first-order valence-corrected chi connectivity index (χ1v) is 5.44. The van der Waals surface area contributed by atoms with Gasteiger partial charge >= 0.3 is 23.9 Å². The van der Waals surface area contributed by atoms with Gasteiger partial charge in [0.2, 0.25) is 0 Å². The molecular formula is C12H14O8. The van der Waals surface area contributed by atoms with Crippen LogP contribution in [0.25, 0.3) is 0 Å². The predicted molar refractivity (Wildman–Crippen MR) is 63.7 cm³/mol. The third-order valence-corrected chi connectivity index (χ3v) is 1.70. The molecule has 8 heteroatoms. The van der Waals surface area contributed by atoms with Gasteiger partial charge in [-0.3, -0.25) is 0 Å². The summed E-state index contributed by atoms with van der Waals surface area (Å²) in [5.41, 5.74) is -0.117. The van der Waals surface area contributed by atoms with Crippen molar-refractivity contribution in [3.8, 4) is 0 Å². The summed E-state index contributed by atoms with van der Waals surface area (Å²) in [7, 11) is 1.13. The Kier molecular flexibility index (Phi) is 8.08. The SMILES string of the molecule is CCOC(=O)/C=C(\C)C(=O)OOC(=O)/C=C/C(=O)OC. The van der Waals surface area contributed by atoms with E-state index in [9.17, 15) is 19.2 Å². The fourth-order valence-electron chi connectivity index (χ4n) is 0.796. The van der Waals surface area contributed by atoms with Gasteiger partial charge in [-0.2, -0.15) is 0 Å². The van der Waals surface area contributed by atoms with E-state index in [0.717, 1.165) is 19.3 Å². The highest BCUT2D eigenvalue weighted by Gasteiger charge is 2.12. The lowest BCUT2D eigenvalue weighted by Gasteiger charge is -2.01. The Morgan fingerprint density at radius 2 is 1.55 bits per heavy atom. The van der Waals surface area contributed by atoms with Crippen LogP contribution in [0.1, 0.15) is 13.8 Å². The Bertz CT molecular complexity index is 446. The van der Waals surface area contributed by atoms with Crippen LogP contribution in [0.15, 0.2) is 23.8 Å². The summed E-state index contributed by atoms with van der Waals surface area (Å²) in [5.74, 6) is -3.63. The van der Waals surface area contributed by atoms with Crippen LogP contribution >= 0.6 is 0 Å². The molecule has 0 rings (SSSR count). The molecule has 0 amide bonds. The second kappa shape index (κ2) is 9.31. The monoisotopic (exact) mass is 286 g/mol. The van der Waals surface area contributed by atoms with Crippen molar-refractivity contribution in [3.05, 3.63) is 23.8 Å². The summed E-state index contributed by atoms with van der Waals surface area (Å²) in [6, 6.07) is 0. The van der Waals surface area contributed by atoms with E-state index >= 15 is 0 Å². The molecule has 0 radical (unpaired) electrons. The minimum Gasteiger partial charge on any atom is -0.466 e. The van der Waals surface area contributed by atoms with Crippen LogP contribution in [0.4, 0.5) is 0 Å². The number of hydrogen-bond acceptors (Lipinski definition) is 8. The molecule has 0 spiro atoms. The van der Waals surface area contributed by atoms with E-state index < -0.39 is 23.9 Å². The second-order valence-corrected chi connectivity index (χ2v) is 3.21. The maximum atomic E-state index is 11.3. The normalized spacial score (nSPS) is 10.8. The summed E-state index contributed by atoms with van der Waals surface area (Å²) in [5, 5.41) is 0. The Labute approximate surface area is 114 Å². The van der Waals surface area contributed by atoms with Crippen LogP contribution in [0.5, 0.6) is 0 Å². The molecule has 0 saturated carbocycles. The fraction of sp³-hybridized carbons (Fsp3) is 0.333. The van der Waals surface area contributed by atoms with Crippen molar-refractivity contribution in [2.24, 2.45) is 0 Å². The maximum absolute atomic E-state index is 11.3. The number of hydrogen-bond donors (Lipinski definition) is 0. The molecule has 20 heavy (non-hydrogen) atoms. The number of carbonyl (C=O) groups is 4. The molecule has 0 fully saturated rings. The zero-order valence-electron chi connectivity index (χ0n) is 11.2. The lowest BCUT2D eigenvalue weighted by Crippen LogP contribution is -2.12. The highest BCUT2D eigenvalue weighted by atomic mass is 17.2. The van der Waals surface area contributed by atoms with Gasteiger partial charge in [-0.15, -0.1) is 0 Å². The number of ether oxygens (including phenoxy) is 2. The number of methoxy groups -OCH3 is 1. The molecule has 0 heterocycles. The van der Waals surface area contributed by atoms with E-state index in [4.69, 9.17) is 0 Å². The van der Waals surface area contributed by atoms with Crippen molar-refractivity contribution in [2.75, 3.05) is 13.7 Å². The Morgan fingerprint density at radius 3 is 2.10 bits per heavy atom. The number of rotatable bonds is 5. The lowest BCUT2D eigenvalue weighted by molar-refractivity contribution is -0.251. The van der Waals surface area contributed by atoms with Gasteiger partial charge in [0.15, 0.2) is 0 Å². The molecule has 0 atom stereocenters. The zero-order valence-corrected chi connectivity index (χ0v) is 11.2. The Balaban J connectivity index is 4.28. The Morgan fingerprint density at radius 1 is 0.950 bits per heavy atom. The van der Waals surface area contributed by atoms with Crippen molar-refractivity contribution in [3.63, 3.8) is 0 Å². The van der Waals surface area contributed by atoms with E-state index in [2.05, 4.69) is 19.2 Å². The van der Waals surface area contributed by atoms with E-state index in [1.807, 2.05) is 0 Å². The molecule has 0 aromatic carbocycles. The summed E-state index contributed by atoms with van der Waals surface area (Å²) >= 11 is 0. The molecule has 0 aliphatic carbocycles. The molecule has 0 aromatic rings. The molecule has 110 valence electrons. The zero-order chi connectivity index (χ0) is 15.5. The second-order valence-electron chi connectivity index (χ2n) is 3.21. The van der Waals surface area contributed by atoms with Crippen LogP contribution < -0.4 is 0 Å². The minimum atomic E-state index is -1.09. The fourth-order valence-corrected chi connectivity index (χ4v) is 0.796. The van der Waals surface area contributed by atoms with Crippen molar-refractivity contribution in [1.29, 1.82) is 0 Å². The summed E-state index contributed by atoms with van der Waals surface area (Å²) in [6.07, 6.45) is 2.39. The van der Waals surface area contributed by atoms with Gasteiger partial charge in [0, 0.05) is 23.8 Å². The molecular weight excluding hydrogens is 272 g/mol. The highest BCUT2D eigenvalue weighted by Crippen LogP contribution is 1.99. The topological polar surface area (TPSA) is 105 Å². The van der Waals surface area contributed by atoms with E-state index in [0.29, 0.717) is 6.08 Å². The van der Waals surface area contributed by atoms with E-state index in [1.165, 1.54) is 6.92 Å². The van der Waals surface area contributed by atoms with Crippen molar-refractivity contribution in [1.82, 2.24) is 0 Å². The quantitative estimate of drug-likeness (QED) is 0.306. The van der Waals surface area contributed by atoms with Gasteiger partial charge in [0.1, 0.15) is 0 Å². The standard InChI is InChI=1S/C12H14O8/c1-4-18-11(15)7-8(2)12(16)20-19-10(14)6-5-9(13)17-3/h5-7H,4H2,1-3H3/b6-5+,8-7+. The molecule has 0 unspecified atom stereocenters. The molecule has 0 saturated heterocycles. The smallest absolute Gasteiger partial charge is 0.382 e. The van der Waals surface area contributed by atoms with Crippen LogP contribution in [-0.4, -0.2) is 37.6 Å². The van der Waals surface area contributed by atoms with Crippen molar-refractivity contribution in [2.45, 2.75) is 13.8 Å². The minimum absolute atomic E-state index is 0.117. The van der Waals surface area contributed by atoms with Crippen LogP contribution in [0.2, 0.25) is 0 Å². The van der Waals surface area contributed by atoms with Gasteiger partial charge in [-0.25, -0.2) is 29.0 Å². The van der Waals surface area contributed by atoms with Gasteiger partial charge in [0.25, 0.3) is 0 Å². The first-order valence-electron chi connectivity index (χ1n) is 5.44. The van der Waals surface area contributed by atoms with Crippen LogP contribution in [-0.2, 0) is 38.4 Å². The molecule has 0 aliphatic rings. The van der Waals surface area contributed by atoms with Gasteiger partial charge in [-0.1, -0.05) is 0 Å². The summed E-state index contributed by atoms with van der Waals surface area (Å²) in [6.45, 7) is 3.04. The summed E-state index contributed by atoms with van der Waals surface area (Å²) in [4.78, 5) is 52.2. The first kappa shape index (κ1) is 17.4. The molecule has 0 N–H and O–H groups in total. The number of esters is 2. The first-order chi connectivity index (χ1) is 9.40. The Hall–Kier alpha value is -2.64. The molecule has 0 bridgehead atoms. The molecule has 8 nitrogen and oxygen atoms in total.